The van der Waals surface area contributed by atoms with E-state index in [9.17, 15) is 0 Å². The molecule has 87 heteroatoms. The predicted octanol–water partition coefficient (Wildman–Crippen LogP) is -0.218. The average molecular weight is 7730 g/mol. The summed E-state index contributed by atoms with van der Waals surface area (Å²) in [6.07, 6.45) is 0. The van der Waals surface area contributed by atoms with Crippen LogP contribution >= 0.6 is 0 Å². The first-order chi connectivity index (χ1) is 0. The molecule has 87 heavy (non-hydrogen) atoms. The monoisotopic (exact) mass is 7730 g/mol. The molecule has 0 aliphatic heterocycles. The van der Waals surface area contributed by atoms with Crippen LogP contribution in [0.1, 0.15) is 0 Å². The summed E-state index contributed by atoms with van der Waals surface area (Å²) in [4.78, 5) is 0. The van der Waals surface area contributed by atoms with Crippen LogP contribution in [0.15, 0.2) is 0 Å². The van der Waals surface area contributed by atoms with E-state index in [2.05, 4.69) is 0 Å². The first kappa shape index (κ1) is 658. The van der Waals surface area contributed by atoms with Crippen LogP contribution in [0.5, 0.6) is 0 Å². The third-order valence-corrected chi connectivity index (χ3v) is 0. The van der Waals surface area contributed by atoms with Gasteiger partial charge in [0.25, 0.3) is 0 Å². The van der Waals surface area contributed by atoms with E-state index in [-0.39, 0.29) is 2850 Å². The van der Waals surface area contributed by atoms with Crippen molar-refractivity contribution in [3.63, 3.8) is 0 Å². The summed E-state index contributed by atoms with van der Waals surface area (Å²) in [5.41, 5.74) is 0. The van der Waals surface area contributed by atoms with E-state index in [4.69, 9.17) is 0 Å². The minimum atomic E-state index is 0. The van der Waals surface area contributed by atoms with Gasteiger partial charge < -0.3 is 0 Å². The van der Waals surface area contributed by atoms with Gasteiger partial charge in [0.1, 0.15) is 0 Å². The Morgan fingerprint density at radius 2 is 0.0115 bits per heavy atom. The Bertz CT molecular complexity index is 0. The van der Waals surface area contributed by atoms with Crippen molar-refractivity contribution in [1.29, 1.82) is 0 Å². The second kappa shape index (κ2) is 647. The molecule has 0 aromatic heterocycles. The second-order valence-electron chi connectivity index (χ2n) is 0. The van der Waals surface area contributed by atoms with Gasteiger partial charge in [-0.05, 0) is 0 Å². The summed E-state index contributed by atoms with van der Waals surface area (Å²) in [7, 11) is 0. The molecule has 0 nitrogen and oxygen atoms in total. The molecule has 0 aliphatic carbocycles. The van der Waals surface area contributed by atoms with Crippen molar-refractivity contribution in [3.05, 3.63) is 0 Å². The summed E-state index contributed by atoms with van der Waals surface area (Å²) in [5.74, 6) is 0. The van der Waals surface area contributed by atoms with Crippen molar-refractivity contribution in [2.75, 3.05) is 0 Å². The van der Waals surface area contributed by atoms with Gasteiger partial charge in [-0.2, -0.15) is 0 Å². The molecule has 0 amide bonds. The molecular formula is Y87. The van der Waals surface area contributed by atoms with Crippen molar-refractivity contribution in [2.45, 2.75) is 0 Å². The minimum absolute atomic E-state index is 0. The van der Waals surface area contributed by atoms with Crippen LogP contribution in [0, 0.1) is 0 Å². The molecule has 0 fully saturated rings. The van der Waals surface area contributed by atoms with E-state index in [0.717, 1.165) is 0 Å². The van der Waals surface area contributed by atoms with E-state index in [1.807, 2.05) is 0 Å². The smallest absolute Gasteiger partial charge is 0 e. The number of hydrogen-bond donors (Lipinski definition) is 0. The Balaban J connectivity index is 0. The summed E-state index contributed by atoms with van der Waals surface area (Å²) in [6.45, 7) is 0. The fourth-order valence-electron chi connectivity index (χ4n) is 0. The molecule has 0 aliphatic rings. The van der Waals surface area contributed by atoms with Gasteiger partial charge in [0.05, 0.1) is 0 Å². The summed E-state index contributed by atoms with van der Waals surface area (Å²) >= 11 is 0. The van der Waals surface area contributed by atoms with Gasteiger partial charge in [-0.25, -0.2) is 0 Å². The van der Waals surface area contributed by atoms with Crippen molar-refractivity contribution >= 4 is 0 Å². The molecule has 87 radical (unpaired) electrons. The molecule has 0 aromatic carbocycles. The van der Waals surface area contributed by atoms with Crippen LogP contribution < -0.4 is 0 Å². The molecule has 0 atom stereocenters. The molecule has 261 valence electrons. The van der Waals surface area contributed by atoms with E-state index < -0.39 is 0 Å². The van der Waals surface area contributed by atoms with Gasteiger partial charge in [-0.3, -0.25) is 0 Å². The SMILES string of the molecule is [Y].[Y].[Y].[Y].[Y].[Y].[Y].[Y].[Y].[Y].[Y].[Y].[Y].[Y].[Y].[Y].[Y].[Y].[Y].[Y].[Y].[Y].[Y].[Y].[Y].[Y].[Y].[Y].[Y].[Y].[Y].[Y].[Y].[Y].[Y].[Y].[Y].[Y].[Y].[Y].[Y].[Y].[Y].[Y].[Y].[Y].[Y].[Y].[Y].[Y].[Y].[Y].[Y].[Y].[Y].[Y].[Y].[Y].[Y].[Y].[Y].[Y].[Y].[Y].[Y].[Y].[Y].[Y].[Y].[Y].[Y].[Y].[Y].[Y].[Y].[Y].[Y].[Y].[Y].[Y].[Y].[Y].[Y].[Y].[Y].[Y].[Y]. The maximum Gasteiger partial charge on any atom is 0 e. The number of rotatable bonds is 0. The zero-order valence-electron chi connectivity index (χ0n) is 50.2. The Hall–Kier alpha value is 96.0. The van der Waals surface area contributed by atoms with E-state index in [0.29, 0.717) is 0 Å². The Kier molecular flexibility index (Phi) is 4890. The summed E-state index contributed by atoms with van der Waals surface area (Å²) in [5, 5.41) is 0. The molecular weight excluding hydrogens is 7730 g/mol. The topological polar surface area (TPSA) is 0 Å². The molecule has 0 N–H and O–H groups in total. The third kappa shape index (κ3) is 640. The standard InChI is InChI=1S/87Y. The van der Waals surface area contributed by atoms with E-state index in [1.54, 1.807) is 0 Å². The maximum absolute atomic E-state index is 0. The van der Waals surface area contributed by atoms with Gasteiger partial charge in [-0.1, -0.05) is 0 Å². The second-order valence-corrected chi connectivity index (χ2v) is 0. The van der Waals surface area contributed by atoms with Gasteiger partial charge in [0, 0.05) is 2850 Å². The first-order valence-electron chi connectivity index (χ1n) is 0. The van der Waals surface area contributed by atoms with Crippen molar-refractivity contribution < 1.29 is 2850 Å². The zero-order chi connectivity index (χ0) is 0. The zero-order valence-corrected chi connectivity index (χ0v) is 297. The van der Waals surface area contributed by atoms with Gasteiger partial charge >= 0.3 is 0 Å². The normalized spacial score (nSPS) is 0. The molecule has 0 saturated heterocycles. The molecule has 0 saturated carbocycles. The molecule has 0 bridgehead atoms. The van der Waals surface area contributed by atoms with Gasteiger partial charge in [0.15, 0.2) is 0 Å². The van der Waals surface area contributed by atoms with Crippen LogP contribution in [-0.4, -0.2) is 0 Å². The average Bonchev–Trinajstić information content (AvgIpc) is 0. The maximum atomic E-state index is 0. The quantitative estimate of drug-likeness (QED) is 0.316. The Morgan fingerprint density at radius 3 is 0.0115 bits per heavy atom. The fraction of sp³-hybridized carbons (Fsp3) is 0. The van der Waals surface area contributed by atoms with Crippen LogP contribution in [0.3, 0.4) is 0 Å². The Labute approximate surface area is 2730 Å². The predicted molar refractivity (Wildman–Crippen MR) is 0 cm³/mol. The minimum Gasteiger partial charge on any atom is 0 e. The van der Waals surface area contributed by atoms with Gasteiger partial charge in [-0.15, -0.1) is 0 Å². The fourth-order valence-corrected chi connectivity index (χ4v) is 0. The van der Waals surface area contributed by atoms with Crippen LogP contribution in [0.2, 0.25) is 0 Å². The molecule has 0 rings (SSSR count). The van der Waals surface area contributed by atoms with Crippen LogP contribution in [0.25, 0.3) is 0 Å². The molecule has 0 spiro atoms. The van der Waals surface area contributed by atoms with Crippen molar-refractivity contribution in [1.82, 2.24) is 0 Å². The van der Waals surface area contributed by atoms with Crippen molar-refractivity contribution in [3.8, 4) is 0 Å². The molecule has 0 heterocycles. The van der Waals surface area contributed by atoms with Crippen LogP contribution in [0.4, 0.5) is 0 Å². The van der Waals surface area contributed by atoms with E-state index >= 15 is 0 Å². The number of hydrogen-bond acceptors (Lipinski definition) is 0. The largest absolute Gasteiger partial charge is 0 e. The first-order valence-corrected chi connectivity index (χ1v) is 0. The van der Waals surface area contributed by atoms with Gasteiger partial charge in [0.2, 0.25) is 0 Å². The van der Waals surface area contributed by atoms with Crippen LogP contribution in [-0.2, 0) is 2850 Å². The third-order valence-electron chi connectivity index (χ3n) is 0. The summed E-state index contributed by atoms with van der Waals surface area (Å²) < 4.78 is 0. The summed E-state index contributed by atoms with van der Waals surface area (Å²) in [6, 6.07) is 0. The molecule has 0 aromatic rings. The molecule has 0 unspecified atom stereocenters. The Morgan fingerprint density at radius 1 is 0.0115 bits per heavy atom. The van der Waals surface area contributed by atoms with E-state index in [1.165, 1.54) is 0 Å². The van der Waals surface area contributed by atoms with Crippen molar-refractivity contribution in [2.24, 2.45) is 0 Å².